The van der Waals surface area contributed by atoms with Gasteiger partial charge in [0.25, 0.3) is 0 Å². The molecular formula is C8H9ClN4. The van der Waals surface area contributed by atoms with Crippen LogP contribution in [0.1, 0.15) is 12.0 Å². The normalized spacial score (nSPS) is 9.08. The maximum absolute atomic E-state index is 5.61. The fourth-order valence-electron chi connectivity index (χ4n) is 0.707. The van der Waals surface area contributed by atoms with Crippen molar-refractivity contribution in [3.63, 3.8) is 0 Å². The summed E-state index contributed by atoms with van der Waals surface area (Å²) in [4.78, 5) is 0. The van der Waals surface area contributed by atoms with E-state index in [9.17, 15) is 0 Å². The first-order chi connectivity index (χ1) is 6.24. The molecule has 68 valence electrons. The smallest absolute Gasteiger partial charge is 0.162 e. The molecule has 1 aromatic rings. The average Bonchev–Trinajstić information content (AvgIpc) is 2.11. The van der Waals surface area contributed by atoms with Crippen molar-refractivity contribution < 1.29 is 0 Å². The van der Waals surface area contributed by atoms with Crippen LogP contribution in [0.5, 0.6) is 0 Å². The molecule has 13 heavy (non-hydrogen) atoms. The third-order valence-electron chi connectivity index (χ3n) is 1.29. The summed E-state index contributed by atoms with van der Waals surface area (Å²) >= 11 is 5.61. The molecule has 4 nitrogen and oxygen atoms in total. The Hall–Kier alpha value is -1.31. The molecule has 0 aromatic carbocycles. The third-order valence-corrected chi connectivity index (χ3v) is 1.47. The Morgan fingerprint density at radius 3 is 2.92 bits per heavy atom. The van der Waals surface area contributed by atoms with Gasteiger partial charge in [-0.3, -0.25) is 0 Å². The van der Waals surface area contributed by atoms with Crippen LogP contribution in [0, 0.1) is 11.8 Å². The second-order valence-electron chi connectivity index (χ2n) is 2.31. The molecule has 0 unspecified atom stereocenters. The lowest BCUT2D eigenvalue weighted by Crippen LogP contribution is -1.98. The second-order valence-corrected chi connectivity index (χ2v) is 2.69. The van der Waals surface area contributed by atoms with E-state index in [-0.39, 0.29) is 11.0 Å². The quantitative estimate of drug-likeness (QED) is 0.638. The molecular weight excluding hydrogens is 188 g/mol. The number of anilines is 1. The van der Waals surface area contributed by atoms with Gasteiger partial charge in [-0.25, -0.2) is 0 Å². The van der Waals surface area contributed by atoms with Crippen LogP contribution >= 0.6 is 11.6 Å². The van der Waals surface area contributed by atoms with Crippen LogP contribution in [0.4, 0.5) is 5.82 Å². The number of nitrogen functional groups attached to an aromatic ring is 1. The van der Waals surface area contributed by atoms with E-state index in [1.54, 1.807) is 6.07 Å². The highest BCUT2D eigenvalue weighted by Crippen LogP contribution is 2.10. The summed E-state index contributed by atoms with van der Waals surface area (Å²) in [6, 6.07) is 1.58. The van der Waals surface area contributed by atoms with Gasteiger partial charge in [0.2, 0.25) is 0 Å². The summed E-state index contributed by atoms with van der Waals surface area (Å²) in [6.45, 7) is 0.527. The number of hydrogen-bond donors (Lipinski definition) is 2. The zero-order valence-corrected chi connectivity index (χ0v) is 7.67. The molecule has 0 amide bonds. The zero-order valence-electron chi connectivity index (χ0n) is 6.92. The van der Waals surface area contributed by atoms with Crippen molar-refractivity contribution in [3.8, 4) is 11.8 Å². The first-order valence-corrected chi connectivity index (χ1v) is 4.09. The van der Waals surface area contributed by atoms with Gasteiger partial charge in [-0.1, -0.05) is 23.4 Å². The van der Waals surface area contributed by atoms with Crippen molar-refractivity contribution in [2.24, 2.45) is 5.73 Å². The number of hydrogen-bond acceptors (Lipinski definition) is 4. The summed E-state index contributed by atoms with van der Waals surface area (Å²) in [5.74, 6) is 5.94. The fourth-order valence-corrected chi connectivity index (χ4v) is 0.854. The van der Waals surface area contributed by atoms with Crippen LogP contribution in [0.3, 0.4) is 0 Å². The van der Waals surface area contributed by atoms with Gasteiger partial charge in [-0.05, 0) is 6.07 Å². The first-order valence-electron chi connectivity index (χ1n) is 3.71. The highest BCUT2D eigenvalue weighted by Gasteiger charge is 1.98. The van der Waals surface area contributed by atoms with E-state index in [0.717, 1.165) is 0 Å². The van der Waals surface area contributed by atoms with E-state index >= 15 is 0 Å². The Kier molecular flexibility index (Phi) is 3.50. The molecule has 0 bridgehead atoms. The highest BCUT2D eigenvalue weighted by atomic mass is 35.5. The Bertz CT molecular complexity index is 353. The van der Waals surface area contributed by atoms with Gasteiger partial charge in [0.1, 0.15) is 0 Å². The highest BCUT2D eigenvalue weighted by molar-refractivity contribution is 6.29. The van der Waals surface area contributed by atoms with Gasteiger partial charge >= 0.3 is 0 Å². The Labute approximate surface area is 81.3 Å². The van der Waals surface area contributed by atoms with Gasteiger partial charge < -0.3 is 11.5 Å². The predicted molar refractivity (Wildman–Crippen MR) is 52.0 cm³/mol. The van der Waals surface area contributed by atoms with E-state index in [4.69, 9.17) is 23.1 Å². The lowest BCUT2D eigenvalue weighted by Gasteiger charge is -1.94. The maximum atomic E-state index is 5.61. The largest absolute Gasteiger partial charge is 0.381 e. The fraction of sp³-hybridized carbons (Fsp3) is 0.250. The van der Waals surface area contributed by atoms with E-state index in [1.807, 2.05) is 0 Å². The van der Waals surface area contributed by atoms with Crippen molar-refractivity contribution >= 4 is 17.4 Å². The maximum Gasteiger partial charge on any atom is 0.162 e. The number of halogens is 1. The summed E-state index contributed by atoms with van der Waals surface area (Å²) < 4.78 is 0. The number of aromatic nitrogens is 2. The predicted octanol–water partition coefficient (Wildman–Crippen LogP) is 0.413. The van der Waals surface area contributed by atoms with E-state index in [0.29, 0.717) is 18.5 Å². The SMILES string of the molecule is NCCC#Cc1cc(Cl)nnc1N. The lowest BCUT2D eigenvalue weighted by molar-refractivity contribution is 1.03. The molecule has 4 N–H and O–H groups in total. The Morgan fingerprint density at radius 2 is 2.23 bits per heavy atom. The van der Waals surface area contributed by atoms with Crippen LogP contribution in [0.2, 0.25) is 5.15 Å². The standard InChI is InChI=1S/C8H9ClN4/c9-7-5-6(3-1-2-4-10)8(11)13-12-7/h5H,2,4,10H2,(H2,11,13). The molecule has 0 saturated carbocycles. The van der Waals surface area contributed by atoms with Crippen molar-refractivity contribution in [2.75, 3.05) is 12.3 Å². The van der Waals surface area contributed by atoms with Crippen molar-refractivity contribution in [1.82, 2.24) is 10.2 Å². The Morgan fingerprint density at radius 1 is 1.46 bits per heavy atom. The topological polar surface area (TPSA) is 77.8 Å². The van der Waals surface area contributed by atoms with E-state index in [1.165, 1.54) is 0 Å². The van der Waals surface area contributed by atoms with Crippen molar-refractivity contribution in [2.45, 2.75) is 6.42 Å². The van der Waals surface area contributed by atoms with E-state index < -0.39 is 0 Å². The first kappa shape index (κ1) is 9.78. The van der Waals surface area contributed by atoms with Crippen molar-refractivity contribution in [3.05, 3.63) is 16.8 Å². The number of rotatable bonds is 1. The summed E-state index contributed by atoms with van der Waals surface area (Å²) in [5, 5.41) is 7.47. The van der Waals surface area contributed by atoms with Crippen molar-refractivity contribution in [1.29, 1.82) is 0 Å². The monoisotopic (exact) mass is 196 g/mol. The molecule has 0 aliphatic carbocycles. The molecule has 0 saturated heterocycles. The second kappa shape index (κ2) is 4.65. The molecule has 0 fully saturated rings. The molecule has 0 aliphatic heterocycles. The summed E-state index contributed by atoms with van der Waals surface area (Å²) in [5.41, 5.74) is 11.4. The van der Waals surface area contributed by atoms with Gasteiger partial charge in [0.15, 0.2) is 11.0 Å². The van der Waals surface area contributed by atoms with Crippen LogP contribution < -0.4 is 11.5 Å². The molecule has 1 rings (SSSR count). The molecule has 5 heteroatoms. The van der Waals surface area contributed by atoms with Crippen LogP contribution in [0.15, 0.2) is 6.07 Å². The van der Waals surface area contributed by atoms with Crippen LogP contribution in [-0.4, -0.2) is 16.7 Å². The Balaban J connectivity index is 2.89. The number of nitrogens with two attached hydrogens (primary N) is 2. The van der Waals surface area contributed by atoms with Gasteiger partial charge in [0.05, 0.1) is 5.56 Å². The average molecular weight is 197 g/mol. The van der Waals surface area contributed by atoms with E-state index in [2.05, 4.69) is 22.0 Å². The minimum absolute atomic E-state index is 0.284. The number of nitrogens with zero attached hydrogens (tertiary/aromatic N) is 2. The lowest BCUT2D eigenvalue weighted by atomic mass is 10.3. The third kappa shape index (κ3) is 2.90. The molecule has 0 aliphatic rings. The minimum atomic E-state index is 0.284. The minimum Gasteiger partial charge on any atom is -0.381 e. The molecule has 0 spiro atoms. The van der Waals surface area contributed by atoms with Crippen LogP contribution in [-0.2, 0) is 0 Å². The van der Waals surface area contributed by atoms with Crippen LogP contribution in [0.25, 0.3) is 0 Å². The summed E-state index contributed by atoms with van der Waals surface area (Å²) in [7, 11) is 0. The van der Waals surface area contributed by atoms with Gasteiger partial charge in [0, 0.05) is 13.0 Å². The zero-order chi connectivity index (χ0) is 9.68. The molecule has 0 radical (unpaired) electrons. The molecule has 1 heterocycles. The molecule has 0 atom stereocenters. The molecule has 1 aromatic heterocycles. The van der Waals surface area contributed by atoms with Gasteiger partial charge in [-0.15, -0.1) is 10.2 Å². The summed E-state index contributed by atoms with van der Waals surface area (Å²) in [6.07, 6.45) is 0.624. The van der Waals surface area contributed by atoms with Gasteiger partial charge in [-0.2, -0.15) is 0 Å².